The van der Waals surface area contributed by atoms with Gasteiger partial charge >= 0.3 is 0 Å². The van der Waals surface area contributed by atoms with Gasteiger partial charge in [-0.25, -0.2) is 0 Å². The fourth-order valence-electron chi connectivity index (χ4n) is 0.946. The van der Waals surface area contributed by atoms with E-state index in [1.165, 1.54) is 7.11 Å². The Balaban J connectivity index is 2.87. The van der Waals surface area contributed by atoms with Gasteiger partial charge in [0.2, 0.25) is 0 Å². The van der Waals surface area contributed by atoms with Crippen LogP contribution in [0.3, 0.4) is 0 Å². The number of rotatable bonds is 4. The fourth-order valence-corrected chi connectivity index (χ4v) is 0.946. The van der Waals surface area contributed by atoms with Crippen molar-refractivity contribution in [1.29, 1.82) is 0 Å². The number of ether oxygens (including phenoxy) is 1. The van der Waals surface area contributed by atoms with Crippen molar-refractivity contribution >= 4 is 5.78 Å². The molecule has 0 aliphatic heterocycles. The number of nitrogens with zero attached hydrogens (tertiary/aromatic N) is 1. The molecule has 0 bridgehead atoms. The number of Topliss-reactive ketones (excluding diaryl/α,β-unsaturated/α-hetero) is 1. The van der Waals surface area contributed by atoms with Gasteiger partial charge < -0.3 is 4.74 Å². The Morgan fingerprint density at radius 1 is 1.54 bits per heavy atom. The quantitative estimate of drug-likeness (QED) is 0.521. The molecule has 0 heterocycles. The predicted octanol–water partition coefficient (Wildman–Crippen LogP) is 1.64. The van der Waals surface area contributed by atoms with Gasteiger partial charge in [0.25, 0.3) is 0 Å². The molecule has 0 atom stereocenters. The summed E-state index contributed by atoms with van der Waals surface area (Å²) in [6.45, 7) is -0.326. The molecule has 1 aromatic rings. The zero-order valence-electron chi connectivity index (χ0n) is 7.19. The minimum atomic E-state index is -0.326. The summed E-state index contributed by atoms with van der Waals surface area (Å²) in [5, 5.41) is 2.53. The molecule has 68 valence electrons. The lowest BCUT2D eigenvalue weighted by atomic mass is 10.1. The van der Waals surface area contributed by atoms with Crippen LogP contribution in [0.2, 0.25) is 0 Å². The van der Waals surface area contributed by atoms with E-state index in [1.807, 2.05) is 0 Å². The highest BCUT2D eigenvalue weighted by Gasteiger charge is 2.05. The average molecular weight is 179 g/mol. The number of nitroso groups, excluding NO2 is 1. The van der Waals surface area contributed by atoms with Crippen molar-refractivity contribution in [2.45, 2.75) is 0 Å². The molecule has 0 radical (unpaired) electrons. The lowest BCUT2D eigenvalue weighted by Gasteiger charge is -2.00. The van der Waals surface area contributed by atoms with Crippen LogP contribution < -0.4 is 4.74 Å². The highest BCUT2D eigenvalue weighted by atomic mass is 16.5. The first-order valence-corrected chi connectivity index (χ1v) is 3.74. The second kappa shape index (κ2) is 4.35. The smallest absolute Gasteiger partial charge is 0.187 e. The molecule has 0 aromatic heterocycles. The largest absolute Gasteiger partial charge is 0.497 e. The van der Waals surface area contributed by atoms with Crippen molar-refractivity contribution in [3.63, 3.8) is 0 Å². The van der Waals surface area contributed by atoms with Crippen molar-refractivity contribution in [3.05, 3.63) is 34.7 Å². The Kier molecular flexibility index (Phi) is 3.14. The van der Waals surface area contributed by atoms with E-state index in [1.54, 1.807) is 24.3 Å². The Bertz CT molecular complexity index is 322. The molecule has 4 heteroatoms. The molecule has 0 fully saturated rings. The summed E-state index contributed by atoms with van der Waals surface area (Å²) in [6, 6.07) is 6.62. The van der Waals surface area contributed by atoms with E-state index < -0.39 is 0 Å². The molecule has 0 amide bonds. The molecular weight excluding hydrogens is 170 g/mol. The van der Waals surface area contributed by atoms with Crippen LogP contribution in [0.4, 0.5) is 0 Å². The zero-order chi connectivity index (χ0) is 9.68. The highest BCUT2D eigenvalue weighted by molar-refractivity contribution is 5.97. The molecule has 1 rings (SSSR count). The van der Waals surface area contributed by atoms with Gasteiger partial charge in [-0.05, 0) is 12.1 Å². The van der Waals surface area contributed by atoms with Crippen molar-refractivity contribution < 1.29 is 9.53 Å². The van der Waals surface area contributed by atoms with Gasteiger partial charge in [-0.3, -0.25) is 4.79 Å². The number of benzene rings is 1. The van der Waals surface area contributed by atoms with Crippen molar-refractivity contribution in [2.24, 2.45) is 5.18 Å². The Morgan fingerprint density at radius 2 is 2.31 bits per heavy atom. The van der Waals surface area contributed by atoms with Gasteiger partial charge in [0.15, 0.2) is 5.78 Å². The molecule has 0 spiro atoms. The minimum Gasteiger partial charge on any atom is -0.497 e. The van der Waals surface area contributed by atoms with E-state index in [9.17, 15) is 9.70 Å². The number of ketones is 1. The third-order valence-electron chi connectivity index (χ3n) is 1.60. The molecule has 1 aromatic carbocycles. The zero-order valence-corrected chi connectivity index (χ0v) is 7.19. The number of carbonyl (C=O) groups is 1. The second-order valence-corrected chi connectivity index (χ2v) is 2.44. The van der Waals surface area contributed by atoms with Crippen LogP contribution in [0, 0.1) is 4.91 Å². The van der Waals surface area contributed by atoms with E-state index in [4.69, 9.17) is 4.74 Å². The molecule has 0 aliphatic carbocycles. The van der Waals surface area contributed by atoms with Crippen LogP contribution in [0.5, 0.6) is 5.75 Å². The van der Waals surface area contributed by atoms with E-state index in [0.29, 0.717) is 11.3 Å². The standard InChI is InChI=1S/C9H9NO3/c1-13-8-4-2-3-7(5-8)9(11)6-10-12/h2-5H,6H2,1H3. The molecule has 13 heavy (non-hydrogen) atoms. The van der Waals surface area contributed by atoms with Crippen LogP contribution in [-0.2, 0) is 0 Å². The summed E-state index contributed by atoms with van der Waals surface area (Å²) in [6.07, 6.45) is 0. The van der Waals surface area contributed by atoms with Gasteiger partial charge in [-0.15, -0.1) is 0 Å². The topological polar surface area (TPSA) is 55.7 Å². The maximum Gasteiger partial charge on any atom is 0.187 e. The SMILES string of the molecule is COc1cccc(C(=O)CN=O)c1. The van der Waals surface area contributed by atoms with E-state index in [0.717, 1.165) is 0 Å². The molecule has 0 N–H and O–H groups in total. The van der Waals surface area contributed by atoms with Gasteiger partial charge in [0.05, 0.1) is 7.11 Å². The van der Waals surface area contributed by atoms with Crippen molar-refractivity contribution in [2.75, 3.05) is 13.7 Å². The van der Waals surface area contributed by atoms with Crippen molar-refractivity contribution in [1.82, 2.24) is 0 Å². The average Bonchev–Trinajstić information content (AvgIpc) is 2.18. The minimum absolute atomic E-state index is 0.297. The molecule has 0 saturated carbocycles. The second-order valence-electron chi connectivity index (χ2n) is 2.44. The van der Waals surface area contributed by atoms with Crippen LogP contribution in [-0.4, -0.2) is 19.4 Å². The molecule has 4 nitrogen and oxygen atoms in total. The lowest BCUT2D eigenvalue weighted by Crippen LogP contribution is -2.02. The maximum absolute atomic E-state index is 11.2. The summed E-state index contributed by atoms with van der Waals surface area (Å²) in [4.78, 5) is 21.0. The van der Waals surface area contributed by atoms with E-state index in [-0.39, 0.29) is 12.3 Å². The summed E-state index contributed by atoms with van der Waals surface area (Å²) < 4.78 is 4.92. The van der Waals surface area contributed by atoms with Gasteiger partial charge in [-0.2, -0.15) is 4.91 Å². The Labute approximate surface area is 75.5 Å². The first-order chi connectivity index (χ1) is 6.27. The molecular formula is C9H9NO3. The Hall–Kier alpha value is -1.71. The van der Waals surface area contributed by atoms with E-state index >= 15 is 0 Å². The summed E-state index contributed by atoms with van der Waals surface area (Å²) in [7, 11) is 1.52. The van der Waals surface area contributed by atoms with Gasteiger partial charge in [-0.1, -0.05) is 17.3 Å². The summed E-state index contributed by atoms with van der Waals surface area (Å²) in [5.74, 6) is 0.297. The van der Waals surface area contributed by atoms with Crippen LogP contribution in [0.25, 0.3) is 0 Å². The maximum atomic E-state index is 11.2. The third kappa shape index (κ3) is 2.37. The first kappa shape index (κ1) is 9.38. The predicted molar refractivity (Wildman–Crippen MR) is 48.0 cm³/mol. The molecule has 0 saturated heterocycles. The highest BCUT2D eigenvalue weighted by Crippen LogP contribution is 2.12. The fraction of sp³-hybridized carbons (Fsp3) is 0.222. The van der Waals surface area contributed by atoms with Crippen molar-refractivity contribution in [3.8, 4) is 5.75 Å². The Morgan fingerprint density at radius 3 is 2.92 bits per heavy atom. The summed E-state index contributed by atoms with van der Waals surface area (Å²) >= 11 is 0. The third-order valence-corrected chi connectivity index (χ3v) is 1.60. The number of hydrogen-bond donors (Lipinski definition) is 0. The van der Waals surface area contributed by atoms with Crippen LogP contribution in [0.15, 0.2) is 29.4 Å². The molecule has 0 unspecified atom stereocenters. The van der Waals surface area contributed by atoms with E-state index in [2.05, 4.69) is 5.18 Å². The number of carbonyl (C=O) groups excluding carboxylic acids is 1. The monoisotopic (exact) mass is 179 g/mol. The van der Waals surface area contributed by atoms with Gasteiger partial charge in [0.1, 0.15) is 12.3 Å². The van der Waals surface area contributed by atoms with Crippen LogP contribution >= 0.6 is 0 Å². The number of hydrogen-bond acceptors (Lipinski definition) is 4. The first-order valence-electron chi connectivity index (χ1n) is 3.74. The van der Waals surface area contributed by atoms with Gasteiger partial charge in [0, 0.05) is 5.56 Å². The number of methoxy groups -OCH3 is 1. The normalized spacial score (nSPS) is 9.31. The lowest BCUT2D eigenvalue weighted by molar-refractivity contribution is 0.100. The summed E-state index contributed by atoms with van der Waals surface area (Å²) in [5.41, 5.74) is 0.443. The molecule has 0 aliphatic rings. The van der Waals surface area contributed by atoms with Crippen LogP contribution in [0.1, 0.15) is 10.4 Å².